The number of carbonyl (C=O) groups excluding carboxylic acids is 2. The number of rotatable bonds is 6. The molecule has 2 N–H and O–H groups in total. The molecule has 2 amide bonds. The highest BCUT2D eigenvalue weighted by Gasteiger charge is 2.21. The predicted octanol–water partition coefficient (Wildman–Crippen LogP) is 3.70. The standard InChI is InChI=1S/C18H18Cl2N2O4S/c1-3-16(23)21-18-14(19)9-13(10-15(18)20)27(25,26)22-17(24)8-12-6-4-11(2)5-7-12/h4-7,9-10H,3,8H2,1-2H3,(H,21,23)(H,22,24). The predicted molar refractivity (Wildman–Crippen MR) is 106 cm³/mol. The molecular weight excluding hydrogens is 411 g/mol. The van der Waals surface area contributed by atoms with E-state index in [1.807, 2.05) is 23.8 Å². The fourth-order valence-electron chi connectivity index (χ4n) is 2.19. The molecule has 0 aliphatic carbocycles. The summed E-state index contributed by atoms with van der Waals surface area (Å²) in [4.78, 5) is 23.3. The Morgan fingerprint density at radius 3 is 2.07 bits per heavy atom. The molecule has 0 atom stereocenters. The molecule has 27 heavy (non-hydrogen) atoms. The minimum atomic E-state index is -4.16. The SMILES string of the molecule is CCC(=O)Nc1c(Cl)cc(S(=O)(=O)NC(=O)Cc2ccc(C)cc2)cc1Cl. The number of hydrogen-bond donors (Lipinski definition) is 2. The van der Waals surface area contributed by atoms with Crippen LogP contribution in [0.2, 0.25) is 10.0 Å². The Bertz CT molecular complexity index is 950. The quantitative estimate of drug-likeness (QED) is 0.733. The van der Waals surface area contributed by atoms with Gasteiger partial charge in [0.2, 0.25) is 11.8 Å². The summed E-state index contributed by atoms with van der Waals surface area (Å²) >= 11 is 12.1. The van der Waals surface area contributed by atoms with Crippen molar-refractivity contribution < 1.29 is 18.0 Å². The second kappa shape index (κ2) is 8.73. The smallest absolute Gasteiger partial charge is 0.264 e. The van der Waals surface area contributed by atoms with Crippen LogP contribution < -0.4 is 10.0 Å². The zero-order valence-electron chi connectivity index (χ0n) is 14.7. The van der Waals surface area contributed by atoms with E-state index < -0.39 is 15.9 Å². The Kier molecular flexibility index (Phi) is 6.86. The lowest BCUT2D eigenvalue weighted by Gasteiger charge is -2.12. The molecule has 0 saturated carbocycles. The highest BCUT2D eigenvalue weighted by Crippen LogP contribution is 2.33. The third-order valence-corrected chi connectivity index (χ3v) is 5.59. The van der Waals surface area contributed by atoms with E-state index in [9.17, 15) is 18.0 Å². The molecule has 2 aromatic carbocycles. The van der Waals surface area contributed by atoms with Crippen LogP contribution in [0.3, 0.4) is 0 Å². The van der Waals surface area contributed by atoms with Crippen LogP contribution in [0, 0.1) is 6.92 Å². The summed E-state index contributed by atoms with van der Waals surface area (Å²) < 4.78 is 26.9. The van der Waals surface area contributed by atoms with E-state index in [0.717, 1.165) is 17.7 Å². The number of sulfonamides is 1. The zero-order valence-corrected chi connectivity index (χ0v) is 17.0. The van der Waals surface area contributed by atoms with Crippen LogP contribution in [0.15, 0.2) is 41.3 Å². The van der Waals surface area contributed by atoms with Gasteiger partial charge < -0.3 is 5.32 Å². The molecule has 0 aliphatic rings. The van der Waals surface area contributed by atoms with Gasteiger partial charge in [-0.05, 0) is 24.6 Å². The fraction of sp³-hybridized carbons (Fsp3) is 0.222. The van der Waals surface area contributed by atoms with Gasteiger partial charge in [0.1, 0.15) is 0 Å². The Morgan fingerprint density at radius 1 is 1.00 bits per heavy atom. The summed E-state index contributed by atoms with van der Waals surface area (Å²) in [6.45, 7) is 3.56. The topological polar surface area (TPSA) is 92.3 Å². The first-order valence-corrected chi connectivity index (χ1v) is 10.3. The molecule has 144 valence electrons. The monoisotopic (exact) mass is 428 g/mol. The van der Waals surface area contributed by atoms with Crippen molar-refractivity contribution in [2.45, 2.75) is 31.6 Å². The number of benzene rings is 2. The number of aryl methyl sites for hydroxylation is 1. The van der Waals surface area contributed by atoms with Crippen LogP contribution >= 0.6 is 23.2 Å². The number of anilines is 1. The van der Waals surface area contributed by atoms with Gasteiger partial charge in [-0.3, -0.25) is 9.59 Å². The van der Waals surface area contributed by atoms with Crippen LogP contribution in [-0.2, 0) is 26.0 Å². The van der Waals surface area contributed by atoms with Crippen LogP contribution in [-0.4, -0.2) is 20.2 Å². The van der Waals surface area contributed by atoms with Gasteiger partial charge in [-0.2, -0.15) is 0 Å². The highest BCUT2D eigenvalue weighted by atomic mass is 35.5. The van der Waals surface area contributed by atoms with E-state index in [1.54, 1.807) is 19.1 Å². The molecule has 2 aromatic rings. The van der Waals surface area contributed by atoms with E-state index >= 15 is 0 Å². The van der Waals surface area contributed by atoms with Crippen molar-refractivity contribution in [3.8, 4) is 0 Å². The Balaban J connectivity index is 2.19. The average Bonchev–Trinajstić information content (AvgIpc) is 2.59. The van der Waals surface area contributed by atoms with Gasteiger partial charge in [0.05, 0.1) is 27.0 Å². The van der Waals surface area contributed by atoms with Crippen molar-refractivity contribution in [1.29, 1.82) is 0 Å². The largest absolute Gasteiger partial charge is 0.324 e. The van der Waals surface area contributed by atoms with E-state index in [4.69, 9.17) is 23.2 Å². The maximum atomic E-state index is 12.4. The number of carbonyl (C=O) groups is 2. The van der Waals surface area contributed by atoms with Crippen molar-refractivity contribution in [2.75, 3.05) is 5.32 Å². The summed E-state index contributed by atoms with van der Waals surface area (Å²) in [6, 6.07) is 9.42. The molecule has 2 rings (SSSR count). The first-order chi connectivity index (χ1) is 12.6. The van der Waals surface area contributed by atoms with E-state index in [2.05, 4.69) is 5.32 Å². The third-order valence-electron chi connectivity index (χ3n) is 3.64. The van der Waals surface area contributed by atoms with Gasteiger partial charge in [0, 0.05) is 6.42 Å². The van der Waals surface area contributed by atoms with E-state index in [1.165, 1.54) is 0 Å². The molecule has 0 bridgehead atoms. The fourth-order valence-corrected chi connectivity index (χ4v) is 3.94. The second-order valence-corrected chi connectivity index (χ2v) is 8.35. The number of amides is 2. The summed E-state index contributed by atoms with van der Waals surface area (Å²) in [5, 5.41) is 2.41. The van der Waals surface area contributed by atoms with Gasteiger partial charge in [0.15, 0.2) is 0 Å². The average molecular weight is 429 g/mol. The second-order valence-electron chi connectivity index (χ2n) is 5.85. The highest BCUT2D eigenvalue weighted by molar-refractivity contribution is 7.90. The molecule has 0 fully saturated rings. The maximum Gasteiger partial charge on any atom is 0.264 e. The Hall–Kier alpha value is -2.09. The van der Waals surface area contributed by atoms with Crippen molar-refractivity contribution in [2.24, 2.45) is 0 Å². The Labute approximate surface area is 167 Å². The minimum Gasteiger partial charge on any atom is -0.324 e. The molecule has 0 heterocycles. The molecule has 0 aliphatic heterocycles. The summed E-state index contributed by atoms with van der Waals surface area (Å²) in [6.07, 6.45) is 0.118. The van der Waals surface area contributed by atoms with Crippen molar-refractivity contribution >= 4 is 50.7 Å². The molecule has 9 heteroatoms. The minimum absolute atomic E-state index is 0.0457. The van der Waals surface area contributed by atoms with Crippen LogP contribution in [0.1, 0.15) is 24.5 Å². The van der Waals surface area contributed by atoms with Gasteiger partial charge in [-0.25, -0.2) is 13.1 Å². The van der Waals surface area contributed by atoms with Crippen molar-refractivity contribution in [3.05, 3.63) is 57.6 Å². The number of halogens is 2. The van der Waals surface area contributed by atoms with Crippen molar-refractivity contribution in [3.63, 3.8) is 0 Å². The lowest BCUT2D eigenvalue weighted by molar-refractivity contribution is -0.118. The van der Waals surface area contributed by atoms with Crippen molar-refractivity contribution in [1.82, 2.24) is 4.72 Å². The molecule has 0 saturated heterocycles. The normalized spacial score (nSPS) is 11.1. The molecular formula is C18H18Cl2N2O4S. The lowest BCUT2D eigenvalue weighted by Crippen LogP contribution is -2.31. The molecule has 0 radical (unpaired) electrons. The number of nitrogens with one attached hydrogen (secondary N) is 2. The third kappa shape index (κ3) is 5.69. The van der Waals surface area contributed by atoms with Gasteiger partial charge >= 0.3 is 0 Å². The number of hydrogen-bond acceptors (Lipinski definition) is 4. The summed E-state index contributed by atoms with van der Waals surface area (Å²) in [7, 11) is -4.16. The molecule has 6 nitrogen and oxygen atoms in total. The van der Waals surface area contributed by atoms with Gasteiger partial charge in [0.25, 0.3) is 10.0 Å². The first kappa shape index (κ1) is 21.2. The maximum absolute atomic E-state index is 12.4. The summed E-state index contributed by atoms with van der Waals surface area (Å²) in [5.74, 6) is -1.00. The van der Waals surface area contributed by atoms with E-state index in [0.29, 0.717) is 5.56 Å². The van der Waals surface area contributed by atoms with Gasteiger partial charge in [-0.15, -0.1) is 0 Å². The molecule has 0 unspecified atom stereocenters. The first-order valence-electron chi connectivity index (χ1n) is 8.02. The summed E-state index contributed by atoms with van der Waals surface area (Å²) in [5.41, 5.74) is 1.84. The van der Waals surface area contributed by atoms with Gasteiger partial charge in [-0.1, -0.05) is 60.0 Å². The van der Waals surface area contributed by atoms with Crippen LogP contribution in [0.5, 0.6) is 0 Å². The van der Waals surface area contributed by atoms with E-state index in [-0.39, 0.29) is 39.4 Å². The van der Waals surface area contributed by atoms with Crippen LogP contribution in [0.4, 0.5) is 5.69 Å². The Morgan fingerprint density at radius 2 is 1.56 bits per heavy atom. The molecule has 0 spiro atoms. The van der Waals surface area contributed by atoms with Crippen LogP contribution in [0.25, 0.3) is 0 Å². The zero-order chi connectivity index (χ0) is 20.2. The lowest BCUT2D eigenvalue weighted by atomic mass is 10.1. The molecule has 0 aromatic heterocycles.